The Morgan fingerprint density at radius 1 is 0.864 bits per heavy atom. The first-order chi connectivity index (χ1) is 10.9. The first-order valence-corrected chi connectivity index (χ1v) is 9.02. The van der Waals surface area contributed by atoms with Crippen LogP contribution in [0.4, 0.5) is 0 Å². The van der Waals surface area contributed by atoms with Crippen LogP contribution in [0.2, 0.25) is 0 Å². The Morgan fingerprint density at radius 2 is 1.59 bits per heavy atom. The highest BCUT2D eigenvalue weighted by Gasteiger charge is 2.17. The molecular formula is C20H31N2+. The molecule has 0 unspecified atom stereocenters. The maximum Gasteiger partial charge on any atom is 0.261 e. The number of unbranched alkanes of at least 4 members (excludes halogenated alkanes) is 5. The van der Waals surface area contributed by atoms with E-state index in [0.717, 1.165) is 13.0 Å². The van der Waals surface area contributed by atoms with Gasteiger partial charge in [0.2, 0.25) is 0 Å². The summed E-state index contributed by atoms with van der Waals surface area (Å²) in [6, 6.07) is 10.7. The molecule has 0 aliphatic rings. The van der Waals surface area contributed by atoms with E-state index in [2.05, 4.69) is 65.7 Å². The van der Waals surface area contributed by atoms with E-state index >= 15 is 0 Å². The lowest BCUT2D eigenvalue weighted by atomic mass is 10.1. The summed E-state index contributed by atoms with van der Waals surface area (Å²) in [7, 11) is 0. The molecule has 0 saturated heterocycles. The van der Waals surface area contributed by atoms with Crippen molar-refractivity contribution in [3.63, 3.8) is 0 Å². The molecule has 0 radical (unpaired) electrons. The van der Waals surface area contributed by atoms with Crippen LogP contribution in [-0.2, 0) is 13.0 Å². The Hall–Kier alpha value is -1.57. The first-order valence-electron chi connectivity index (χ1n) is 9.02. The molecule has 0 N–H and O–H groups in total. The Balaban J connectivity index is 1.98. The summed E-state index contributed by atoms with van der Waals surface area (Å²) in [6.45, 7) is 5.69. The van der Waals surface area contributed by atoms with Gasteiger partial charge in [0.25, 0.3) is 5.82 Å². The predicted molar refractivity (Wildman–Crippen MR) is 93.3 cm³/mol. The van der Waals surface area contributed by atoms with Gasteiger partial charge in [-0.1, -0.05) is 57.7 Å². The average molecular weight is 299 g/mol. The number of para-hydroxylation sites is 1. The van der Waals surface area contributed by atoms with Crippen molar-refractivity contribution in [3.8, 4) is 5.69 Å². The molecule has 0 bridgehead atoms. The molecule has 0 fully saturated rings. The van der Waals surface area contributed by atoms with Crippen LogP contribution >= 0.6 is 0 Å². The van der Waals surface area contributed by atoms with Crippen molar-refractivity contribution in [2.24, 2.45) is 0 Å². The summed E-state index contributed by atoms with van der Waals surface area (Å²) in [5.74, 6) is 1.43. The molecule has 0 atom stereocenters. The van der Waals surface area contributed by atoms with Crippen LogP contribution in [0.5, 0.6) is 0 Å². The number of hydrogen-bond acceptors (Lipinski definition) is 0. The molecule has 0 amide bonds. The van der Waals surface area contributed by atoms with Gasteiger partial charge < -0.3 is 0 Å². The van der Waals surface area contributed by atoms with Gasteiger partial charge in [-0.2, -0.15) is 4.57 Å². The normalized spacial score (nSPS) is 11.0. The molecule has 0 saturated carbocycles. The van der Waals surface area contributed by atoms with E-state index in [0.29, 0.717) is 0 Å². The second-order valence-electron chi connectivity index (χ2n) is 6.13. The first kappa shape index (κ1) is 16.8. The standard InChI is InChI=1S/C20H31N2/c1-3-5-6-7-8-12-16-21-17-18-22(20(21)13-4-2)19-14-10-9-11-15-19/h9-11,14-15,17-18H,3-8,12-13,16H2,1-2H3/q+1. The fraction of sp³-hybridized carbons (Fsp3) is 0.550. The van der Waals surface area contributed by atoms with Crippen LogP contribution in [0.1, 0.15) is 64.6 Å². The largest absolute Gasteiger partial charge is 0.261 e. The Labute approximate surface area is 135 Å². The average Bonchev–Trinajstić information content (AvgIpc) is 2.95. The number of nitrogens with zero attached hydrogens (tertiary/aromatic N) is 2. The number of imidazole rings is 1. The van der Waals surface area contributed by atoms with Crippen molar-refractivity contribution >= 4 is 0 Å². The zero-order valence-corrected chi connectivity index (χ0v) is 14.3. The van der Waals surface area contributed by atoms with Gasteiger partial charge in [-0.15, -0.1) is 0 Å². The van der Waals surface area contributed by atoms with E-state index in [1.165, 1.54) is 56.5 Å². The van der Waals surface area contributed by atoms with Crippen LogP contribution in [-0.4, -0.2) is 4.57 Å². The maximum atomic E-state index is 2.45. The molecule has 0 aliphatic carbocycles. The van der Waals surface area contributed by atoms with Gasteiger partial charge in [0, 0.05) is 6.42 Å². The zero-order valence-electron chi connectivity index (χ0n) is 14.3. The van der Waals surface area contributed by atoms with Gasteiger partial charge in [0.15, 0.2) is 0 Å². The topological polar surface area (TPSA) is 8.81 Å². The fourth-order valence-electron chi connectivity index (χ4n) is 3.04. The van der Waals surface area contributed by atoms with Crippen molar-refractivity contribution in [2.75, 3.05) is 0 Å². The molecule has 0 aliphatic heterocycles. The van der Waals surface area contributed by atoms with E-state index in [-0.39, 0.29) is 0 Å². The van der Waals surface area contributed by atoms with Gasteiger partial charge >= 0.3 is 0 Å². The van der Waals surface area contributed by atoms with Gasteiger partial charge in [-0.25, -0.2) is 4.57 Å². The van der Waals surface area contributed by atoms with E-state index in [4.69, 9.17) is 0 Å². The predicted octanol–water partition coefficient (Wildman–Crippen LogP) is 5.08. The SMILES string of the molecule is CCCCCCCC[n+]1ccn(-c2ccccc2)c1CCC. The zero-order chi connectivity index (χ0) is 15.6. The second-order valence-corrected chi connectivity index (χ2v) is 6.13. The molecule has 0 spiro atoms. The lowest BCUT2D eigenvalue weighted by molar-refractivity contribution is -0.704. The summed E-state index contributed by atoms with van der Waals surface area (Å²) in [5.41, 5.74) is 1.27. The summed E-state index contributed by atoms with van der Waals surface area (Å²) in [5, 5.41) is 0. The maximum absolute atomic E-state index is 2.45. The molecule has 2 nitrogen and oxygen atoms in total. The highest BCUT2D eigenvalue weighted by molar-refractivity contribution is 5.31. The smallest absolute Gasteiger partial charge is 0.234 e. The van der Waals surface area contributed by atoms with Crippen molar-refractivity contribution in [1.29, 1.82) is 0 Å². The molecular weight excluding hydrogens is 268 g/mol. The highest BCUT2D eigenvalue weighted by Crippen LogP contribution is 2.11. The van der Waals surface area contributed by atoms with E-state index < -0.39 is 0 Å². The van der Waals surface area contributed by atoms with Crippen molar-refractivity contribution in [1.82, 2.24) is 4.57 Å². The van der Waals surface area contributed by atoms with Crippen molar-refractivity contribution in [3.05, 3.63) is 48.5 Å². The van der Waals surface area contributed by atoms with E-state index in [1.54, 1.807) is 0 Å². The molecule has 2 heteroatoms. The van der Waals surface area contributed by atoms with Gasteiger partial charge in [0.1, 0.15) is 18.1 Å². The van der Waals surface area contributed by atoms with Crippen molar-refractivity contribution in [2.45, 2.75) is 71.8 Å². The molecule has 1 heterocycles. The van der Waals surface area contributed by atoms with E-state index in [9.17, 15) is 0 Å². The van der Waals surface area contributed by atoms with Crippen LogP contribution in [0.25, 0.3) is 5.69 Å². The Morgan fingerprint density at radius 3 is 2.32 bits per heavy atom. The number of aryl methyl sites for hydroxylation is 1. The van der Waals surface area contributed by atoms with Gasteiger partial charge in [-0.3, -0.25) is 0 Å². The van der Waals surface area contributed by atoms with Gasteiger partial charge in [-0.05, 0) is 31.4 Å². The van der Waals surface area contributed by atoms with Gasteiger partial charge in [0.05, 0.1) is 6.54 Å². The van der Waals surface area contributed by atoms with Crippen LogP contribution in [0.3, 0.4) is 0 Å². The minimum Gasteiger partial charge on any atom is -0.234 e. The number of rotatable bonds is 10. The van der Waals surface area contributed by atoms with Crippen LogP contribution < -0.4 is 4.57 Å². The lowest BCUT2D eigenvalue weighted by Crippen LogP contribution is -2.37. The summed E-state index contributed by atoms with van der Waals surface area (Å²) in [4.78, 5) is 0. The molecule has 1 aromatic carbocycles. The van der Waals surface area contributed by atoms with Crippen molar-refractivity contribution < 1.29 is 4.57 Å². The molecule has 120 valence electrons. The third kappa shape index (κ3) is 4.72. The fourth-order valence-corrected chi connectivity index (χ4v) is 3.04. The summed E-state index contributed by atoms with van der Waals surface area (Å²) in [6.07, 6.45) is 14.9. The molecule has 1 aromatic heterocycles. The van der Waals surface area contributed by atoms with Crippen LogP contribution in [0.15, 0.2) is 42.7 Å². The van der Waals surface area contributed by atoms with E-state index in [1.807, 2.05) is 0 Å². The summed E-state index contributed by atoms with van der Waals surface area (Å²) < 4.78 is 4.80. The number of aromatic nitrogens is 2. The van der Waals surface area contributed by atoms with Crippen LogP contribution in [0, 0.1) is 0 Å². The second kappa shape index (κ2) is 9.45. The number of benzene rings is 1. The lowest BCUT2D eigenvalue weighted by Gasteiger charge is -2.04. The molecule has 2 rings (SSSR count). The quantitative estimate of drug-likeness (QED) is 0.427. The molecule has 22 heavy (non-hydrogen) atoms. The monoisotopic (exact) mass is 299 g/mol. The Kier molecular flexibility index (Phi) is 7.21. The highest BCUT2D eigenvalue weighted by atomic mass is 15.1. The minimum absolute atomic E-state index is 1.14. The number of hydrogen-bond donors (Lipinski definition) is 0. The minimum atomic E-state index is 1.14. The molecule has 2 aromatic rings. The third-order valence-electron chi connectivity index (χ3n) is 4.27. The Bertz CT molecular complexity index is 528. The third-order valence-corrected chi connectivity index (χ3v) is 4.27. The summed E-state index contributed by atoms with van der Waals surface area (Å²) >= 11 is 0.